The van der Waals surface area contributed by atoms with E-state index in [2.05, 4.69) is 22.0 Å². The molecule has 0 aliphatic carbocycles. The van der Waals surface area contributed by atoms with Crippen LogP contribution in [0.25, 0.3) is 10.9 Å². The van der Waals surface area contributed by atoms with Crippen molar-refractivity contribution < 1.29 is 4.79 Å². The molecule has 4 rings (SSSR count). The largest absolute Gasteiger partial charge is 0.368 e. The molecule has 30 heavy (non-hydrogen) atoms. The number of carbonyl (C=O) groups excluding carboxylic acids is 1. The van der Waals surface area contributed by atoms with Gasteiger partial charge in [-0.2, -0.15) is 0 Å². The highest BCUT2D eigenvalue weighted by molar-refractivity contribution is 5.82. The lowest BCUT2D eigenvalue weighted by atomic mass is 10.0. The highest BCUT2D eigenvalue weighted by Gasteiger charge is 2.33. The van der Waals surface area contributed by atoms with Crippen molar-refractivity contribution in [2.24, 2.45) is 5.92 Å². The second-order valence-electron chi connectivity index (χ2n) is 7.99. The second-order valence-corrected chi connectivity index (χ2v) is 7.99. The molecule has 1 fully saturated rings. The van der Waals surface area contributed by atoms with Gasteiger partial charge in [-0.05, 0) is 30.2 Å². The highest BCUT2D eigenvalue weighted by atomic mass is 16.2. The first-order valence-corrected chi connectivity index (χ1v) is 10.3. The van der Waals surface area contributed by atoms with Crippen molar-refractivity contribution >= 4 is 22.5 Å². The van der Waals surface area contributed by atoms with Crippen LogP contribution in [0.5, 0.6) is 0 Å². The number of nitrogens with one attached hydrogen (secondary N) is 1. The van der Waals surface area contributed by atoms with Crippen LogP contribution in [0.1, 0.15) is 19.9 Å². The number of hydrogen-bond donors (Lipinski definition) is 1. The minimum atomic E-state index is -0.839. The fourth-order valence-electron chi connectivity index (χ4n) is 4.13. The van der Waals surface area contributed by atoms with Crippen LogP contribution in [0.3, 0.4) is 0 Å². The summed E-state index contributed by atoms with van der Waals surface area (Å²) in [6.07, 6.45) is 0. The van der Waals surface area contributed by atoms with Gasteiger partial charge in [-0.15, -0.1) is 0 Å². The Morgan fingerprint density at radius 1 is 0.900 bits per heavy atom. The molecule has 1 aliphatic rings. The fraction of sp³-hybridized carbons (Fsp3) is 0.348. The molecule has 1 aromatic heterocycles. The molecule has 3 aromatic rings. The highest BCUT2D eigenvalue weighted by Crippen LogP contribution is 2.21. The lowest BCUT2D eigenvalue weighted by Gasteiger charge is -2.38. The van der Waals surface area contributed by atoms with Gasteiger partial charge in [0.25, 0.3) is 5.56 Å². The summed E-state index contributed by atoms with van der Waals surface area (Å²) in [4.78, 5) is 46.0. The molecule has 7 nitrogen and oxygen atoms in total. The van der Waals surface area contributed by atoms with Crippen LogP contribution in [0.15, 0.2) is 64.2 Å². The molecule has 2 heterocycles. The predicted molar refractivity (Wildman–Crippen MR) is 118 cm³/mol. The van der Waals surface area contributed by atoms with Gasteiger partial charge >= 0.3 is 5.69 Å². The number of nitrogens with zero attached hydrogens (tertiary/aromatic N) is 3. The standard InChI is InChI=1S/C23H26N4O3/c1-16(2)20(27-21(28)18-10-6-7-11-19(18)24-23(27)30)22(29)26-14-12-25(13-15-26)17-8-4-3-5-9-17/h3-11,16,20H,12-15H2,1-2H3,(H,24,30). The molecule has 1 amide bonds. The van der Waals surface area contributed by atoms with Gasteiger partial charge < -0.3 is 14.8 Å². The number of aromatic nitrogens is 2. The fourth-order valence-corrected chi connectivity index (χ4v) is 4.13. The zero-order chi connectivity index (χ0) is 21.3. The summed E-state index contributed by atoms with van der Waals surface area (Å²) in [6.45, 7) is 6.26. The van der Waals surface area contributed by atoms with Crippen LogP contribution in [0.4, 0.5) is 5.69 Å². The van der Waals surface area contributed by atoms with E-state index in [0.29, 0.717) is 37.1 Å². The summed E-state index contributed by atoms with van der Waals surface area (Å²) in [5, 5.41) is 0.407. The van der Waals surface area contributed by atoms with Crippen molar-refractivity contribution in [3.8, 4) is 0 Å². The van der Waals surface area contributed by atoms with Gasteiger partial charge in [0, 0.05) is 31.9 Å². The summed E-state index contributed by atoms with van der Waals surface area (Å²) < 4.78 is 1.10. The maximum Gasteiger partial charge on any atom is 0.329 e. The van der Waals surface area contributed by atoms with Crippen LogP contribution in [-0.2, 0) is 4.79 Å². The number of hydrogen-bond acceptors (Lipinski definition) is 4. The number of rotatable bonds is 4. The topological polar surface area (TPSA) is 78.4 Å². The minimum Gasteiger partial charge on any atom is -0.368 e. The van der Waals surface area contributed by atoms with Gasteiger partial charge in [0.05, 0.1) is 10.9 Å². The Morgan fingerprint density at radius 3 is 2.20 bits per heavy atom. The van der Waals surface area contributed by atoms with Gasteiger partial charge in [0.15, 0.2) is 0 Å². The number of piperazine rings is 1. The van der Waals surface area contributed by atoms with E-state index in [1.54, 1.807) is 29.2 Å². The molecular formula is C23H26N4O3. The van der Waals surface area contributed by atoms with E-state index in [1.807, 2.05) is 32.0 Å². The summed E-state index contributed by atoms with van der Waals surface area (Å²) in [6, 6.07) is 16.1. The number of anilines is 1. The smallest absolute Gasteiger partial charge is 0.329 e. The summed E-state index contributed by atoms with van der Waals surface area (Å²) in [7, 11) is 0. The summed E-state index contributed by atoms with van der Waals surface area (Å²) in [5.41, 5.74) is 0.639. The van der Waals surface area contributed by atoms with Crippen LogP contribution in [-0.4, -0.2) is 46.5 Å². The SMILES string of the molecule is CC(C)C(C(=O)N1CCN(c2ccccc2)CC1)n1c(=O)[nH]c2ccccc2c1=O. The normalized spacial score (nSPS) is 15.6. The summed E-state index contributed by atoms with van der Waals surface area (Å²) >= 11 is 0. The average molecular weight is 406 g/mol. The minimum absolute atomic E-state index is 0.180. The third-order valence-electron chi connectivity index (χ3n) is 5.71. The molecule has 0 radical (unpaired) electrons. The first-order chi connectivity index (χ1) is 14.5. The van der Waals surface area contributed by atoms with Crippen molar-refractivity contribution in [3.05, 3.63) is 75.4 Å². The third kappa shape index (κ3) is 3.63. The second kappa shape index (κ2) is 8.18. The zero-order valence-electron chi connectivity index (χ0n) is 17.2. The lowest BCUT2D eigenvalue weighted by Crippen LogP contribution is -2.53. The number of fused-ring (bicyclic) bond motifs is 1. The molecule has 0 bridgehead atoms. The molecule has 2 aromatic carbocycles. The molecule has 1 atom stereocenters. The maximum atomic E-state index is 13.4. The van der Waals surface area contributed by atoms with E-state index in [0.717, 1.165) is 10.3 Å². The first-order valence-electron chi connectivity index (χ1n) is 10.3. The number of para-hydroxylation sites is 2. The van der Waals surface area contributed by atoms with Crippen molar-refractivity contribution in [3.63, 3.8) is 0 Å². The van der Waals surface area contributed by atoms with Crippen LogP contribution in [0.2, 0.25) is 0 Å². The molecule has 0 spiro atoms. The molecule has 7 heteroatoms. The Bertz CT molecular complexity index is 1160. The quantitative estimate of drug-likeness (QED) is 0.721. The molecule has 1 unspecified atom stereocenters. The van der Waals surface area contributed by atoms with E-state index in [4.69, 9.17) is 0 Å². The predicted octanol–water partition coefficient (Wildman–Crippen LogP) is 2.24. The van der Waals surface area contributed by atoms with Crippen molar-refractivity contribution in [2.45, 2.75) is 19.9 Å². The number of carbonyl (C=O) groups is 1. The Hall–Kier alpha value is -3.35. The molecule has 1 N–H and O–H groups in total. The van der Waals surface area contributed by atoms with Crippen molar-refractivity contribution in [1.29, 1.82) is 0 Å². The average Bonchev–Trinajstić information content (AvgIpc) is 2.76. The molecular weight excluding hydrogens is 380 g/mol. The number of aromatic amines is 1. The molecule has 156 valence electrons. The van der Waals surface area contributed by atoms with Gasteiger partial charge in [-0.25, -0.2) is 9.36 Å². The third-order valence-corrected chi connectivity index (χ3v) is 5.71. The van der Waals surface area contributed by atoms with Gasteiger partial charge in [0.2, 0.25) is 5.91 Å². The summed E-state index contributed by atoms with van der Waals surface area (Å²) in [5.74, 6) is -0.384. The lowest BCUT2D eigenvalue weighted by molar-refractivity contribution is -0.136. The Morgan fingerprint density at radius 2 is 1.53 bits per heavy atom. The van der Waals surface area contributed by atoms with Crippen LogP contribution < -0.4 is 16.1 Å². The zero-order valence-corrected chi connectivity index (χ0v) is 17.2. The monoisotopic (exact) mass is 406 g/mol. The Labute approximate surface area is 174 Å². The van der Waals surface area contributed by atoms with Crippen molar-refractivity contribution in [1.82, 2.24) is 14.5 Å². The first kappa shape index (κ1) is 19.9. The van der Waals surface area contributed by atoms with E-state index < -0.39 is 17.3 Å². The Kier molecular flexibility index (Phi) is 5.44. The van der Waals surface area contributed by atoms with E-state index >= 15 is 0 Å². The number of H-pyrrole nitrogens is 1. The van der Waals surface area contributed by atoms with Gasteiger partial charge in [-0.3, -0.25) is 9.59 Å². The molecule has 0 saturated carbocycles. The van der Waals surface area contributed by atoms with Crippen LogP contribution >= 0.6 is 0 Å². The molecule has 1 saturated heterocycles. The molecule has 1 aliphatic heterocycles. The number of benzene rings is 2. The Balaban J connectivity index is 1.62. The van der Waals surface area contributed by atoms with Crippen LogP contribution in [0, 0.1) is 5.92 Å². The van der Waals surface area contributed by atoms with Gasteiger partial charge in [-0.1, -0.05) is 44.2 Å². The van der Waals surface area contributed by atoms with E-state index in [-0.39, 0.29) is 11.8 Å². The number of amides is 1. The van der Waals surface area contributed by atoms with Gasteiger partial charge in [0.1, 0.15) is 6.04 Å². The maximum absolute atomic E-state index is 13.4. The van der Waals surface area contributed by atoms with Crippen molar-refractivity contribution in [2.75, 3.05) is 31.1 Å². The van der Waals surface area contributed by atoms with E-state index in [1.165, 1.54) is 0 Å². The van der Waals surface area contributed by atoms with E-state index in [9.17, 15) is 14.4 Å².